The van der Waals surface area contributed by atoms with Crippen LogP contribution < -0.4 is 0 Å². The second-order valence-electron chi connectivity index (χ2n) is 18.5. The van der Waals surface area contributed by atoms with Crippen molar-refractivity contribution in [1.29, 1.82) is 0 Å². The maximum absolute atomic E-state index is 12.8. The van der Waals surface area contributed by atoms with Gasteiger partial charge in [0.1, 0.15) is 13.2 Å². The zero-order valence-corrected chi connectivity index (χ0v) is 43.9. The minimum atomic E-state index is -0.791. The van der Waals surface area contributed by atoms with E-state index in [0.29, 0.717) is 19.3 Å². The highest BCUT2D eigenvalue weighted by Gasteiger charge is 2.19. The van der Waals surface area contributed by atoms with Gasteiger partial charge in [-0.15, -0.1) is 0 Å². The smallest absolute Gasteiger partial charge is 0.306 e. The second kappa shape index (κ2) is 55.2. The van der Waals surface area contributed by atoms with E-state index in [4.69, 9.17) is 14.2 Å². The van der Waals surface area contributed by atoms with Gasteiger partial charge in [-0.05, 0) is 96.3 Å². The first-order valence-corrected chi connectivity index (χ1v) is 28.1. The van der Waals surface area contributed by atoms with Crippen molar-refractivity contribution in [2.24, 2.45) is 0 Å². The van der Waals surface area contributed by atoms with Gasteiger partial charge in [-0.25, -0.2) is 0 Å². The molecule has 0 aliphatic heterocycles. The van der Waals surface area contributed by atoms with Gasteiger partial charge in [0.05, 0.1) is 0 Å². The molecule has 1 atom stereocenters. The van der Waals surface area contributed by atoms with E-state index in [9.17, 15) is 14.4 Å². The Morgan fingerprint density at radius 1 is 0.328 bits per heavy atom. The maximum Gasteiger partial charge on any atom is 0.306 e. The Morgan fingerprint density at radius 2 is 0.642 bits per heavy atom. The fraction of sp³-hybridized carbons (Fsp3) is 0.721. The van der Waals surface area contributed by atoms with Crippen molar-refractivity contribution in [2.45, 2.75) is 271 Å². The molecule has 0 radical (unpaired) electrons. The Labute approximate surface area is 414 Å². The number of unbranched alkanes of at least 4 members (excludes halogenated alkanes) is 28. The molecule has 0 aliphatic rings. The van der Waals surface area contributed by atoms with Gasteiger partial charge in [0, 0.05) is 19.3 Å². The van der Waals surface area contributed by atoms with Gasteiger partial charge in [0.15, 0.2) is 6.10 Å². The third-order valence-electron chi connectivity index (χ3n) is 11.9. The summed E-state index contributed by atoms with van der Waals surface area (Å²) in [5.74, 6) is -0.917. The van der Waals surface area contributed by atoms with Crippen LogP contribution in [0.25, 0.3) is 0 Å². The summed E-state index contributed by atoms with van der Waals surface area (Å²) in [6.07, 6.45) is 71.4. The van der Waals surface area contributed by atoms with Gasteiger partial charge in [-0.3, -0.25) is 14.4 Å². The van der Waals surface area contributed by atoms with Crippen molar-refractivity contribution >= 4 is 17.9 Å². The summed E-state index contributed by atoms with van der Waals surface area (Å²) in [6, 6.07) is 0. The number of rotatable bonds is 50. The first-order chi connectivity index (χ1) is 33.0. The zero-order chi connectivity index (χ0) is 48.6. The van der Waals surface area contributed by atoms with Crippen LogP contribution in [-0.4, -0.2) is 37.2 Å². The standard InChI is InChI=1S/C61H104O6/c1-4-7-10-13-16-19-22-25-27-29-30-32-33-36-39-42-45-48-51-54-60(63)66-57-58(56-65-59(62)53-50-47-44-41-38-35-24-21-18-15-12-9-6-3)67-61(64)55-52-49-46-43-40-37-34-31-28-26-23-20-17-14-11-8-5-2/h9,12,15-22,24-26,28,58H,4-8,10-11,13-14,23,27,29-57H2,1-3H3/b12-9+,18-15+,19-16+,20-17+,24-21+,25-22+,28-26+. The van der Waals surface area contributed by atoms with E-state index in [2.05, 4.69) is 106 Å². The molecule has 0 saturated heterocycles. The molecule has 0 aliphatic carbocycles. The molecule has 1 unspecified atom stereocenters. The molecule has 0 rings (SSSR count). The Kier molecular flexibility index (Phi) is 52.4. The molecule has 0 aromatic heterocycles. The zero-order valence-electron chi connectivity index (χ0n) is 43.9. The normalized spacial score (nSPS) is 12.7. The minimum Gasteiger partial charge on any atom is -0.462 e. The van der Waals surface area contributed by atoms with Crippen LogP contribution in [0.15, 0.2) is 85.1 Å². The SMILES string of the molecule is CC/C=C/C=C/C=C/CCCCCCCC(=O)OCC(COC(=O)CCCCCCCCCCCC/C=C/C=C/CCCCC)OC(=O)CCCCCCCCC/C=C/C/C=C/CCCCC. The molecule has 67 heavy (non-hydrogen) atoms. The number of hydrogen-bond donors (Lipinski definition) is 0. The van der Waals surface area contributed by atoms with Gasteiger partial charge in [-0.2, -0.15) is 0 Å². The van der Waals surface area contributed by atoms with E-state index >= 15 is 0 Å². The van der Waals surface area contributed by atoms with E-state index < -0.39 is 6.10 Å². The minimum absolute atomic E-state index is 0.0884. The number of allylic oxidation sites excluding steroid dienone is 14. The van der Waals surface area contributed by atoms with Gasteiger partial charge >= 0.3 is 17.9 Å². The summed E-state index contributed by atoms with van der Waals surface area (Å²) in [5.41, 5.74) is 0. The van der Waals surface area contributed by atoms with Crippen LogP contribution in [0.1, 0.15) is 265 Å². The predicted molar refractivity (Wildman–Crippen MR) is 288 cm³/mol. The third-order valence-corrected chi connectivity index (χ3v) is 11.9. The summed E-state index contributed by atoms with van der Waals surface area (Å²) >= 11 is 0. The van der Waals surface area contributed by atoms with Crippen molar-refractivity contribution in [3.63, 3.8) is 0 Å². The summed E-state index contributed by atoms with van der Waals surface area (Å²) in [5, 5.41) is 0. The first-order valence-electron chi connectivity index (χ1n) is 28.1. The Bertz CT molecular complexity index is 1300. The fourth-order valence-corrected chi connectivity index (χ4v) is 7.70. The van der Waals surface area contributed by atoms with E-state index in [0.717, 1.165) is 96.3 Å². The van der Waals surface area contributed by atoms with Crippen LogP contribution in [-0.2, 0) is 28.6 Å². The lowest BCUT2D eigenvalue weighted by atomic mass is 10.1. The Hall–Kier alpha value is -3.41. The Balaban J connectivity index is 4.40. The first kappa shape index (κ1) is 63.6. The maximum atomic E-state index is 12.8. The average Bonchev–Trinajstić information content (AvgIpc) is 3.33. The van der Waals surface area contributed by atoms with E-state index in [1.165, 1.54) is 128 Å². The fourth-order valence-electron chi connectivity index (χ4n) is 7.70. The molecule has 384 valence electrons. The van der Waals surface area contributed by atoms with Gasteiger partial charge in [-0.1, -0.05) is 234 Å². The van der Waals surface area contributed by atoms with Gasteiger partial charge < -0.3 is 14.2 Å². The summed E-state index contributed by atoms with van der Waals surface area (Å²) in [4.78, 5) is 38.1. The van der Waals surface area contributed by atoms with E-state index in [1.807, 2.05) is 0 Å². The monoisotopic (exact) mass is 933 g/mol. The lowest BCUT2D eigenvalue weighted by Gasteiger charge is -2.18. The van der Waals surface area contributed by atoms with Crippen LogP contribution in [0.2, 0.25) is 0 Å². The number of carbonyl (C=O) groups excluding carboxylic acids is 3. The average molecular weight is 933 g/mol. The molecule has 0 bridgehead atoms. The molecule has 0 aromatic rings. The topological polar surface area (TPSA) is 78.9 Å². The molecule has 0 spiro atoms. The van der Waals surface area contributed by atoms with Crippen LogP contribution in [0, 0.1) is 0 Å². The lowest BCUT2D eigenvalue weighted by Crippen LogP contribution is -2.30. The van der Waals surface area contributed by atoms with E-state index in [1.54, 1.807) is 0 Å². The molecular formula is C61H104O6. The molecule has 0 aromatic carbocycles. The molecule has 0 amide bonds. The quantitative estimate of drug-likeness (QED) is 0.0199. The number of ether oxygens (including phenoxy) is 3. The number of carbonyl (C=O) groups is 3. The summed E-state index contributed by atoms with van der Waals surface area (Å²) in [7, 11) is 0. The molecule has 6 nitrogen and oxygen atoms in total. The van der Waals surface area contributed by atoms with Crippen molar-refractivity contribution in [3.05, 3.63) is 85.1 Å². The van der Waals surface area contributed by atoms with Crippen molar-refractivity contribution in [3.8, 4) is 0 Å². The highest BCUT2D eigenvalue weighted by atomic mass is 16.6. The van der Waals surface area contributed by atoms with Crippen LogP contribution in [0.5, 0.6) is 0 Å². The van der Waals surface area contributed by atoms with Crippen LogP contribution >= 0.6 is 0 Å². The van der Waals surface area contributed by atoms with E-state index in [-0.39, 0.29) is 31.1 Å². The second-order valence-corrected chi connectivity index (χ2v) is 18.5. The number of hydrogen-bond acceptors (Lipinski definition) is 6. The van der Waals surface area contributed by atoms with Crippen LogP contribution in [0.3, 0.4) is 0 Å². The van der Waals surface area contributed by atoms with Crippen molar-refractivity contribution < 1.29 is 28.6 Å². The largest absolute Gasteiger partial charge is 0.462 e. The van der Waals surface area contributed by atoms with Crippen LogP contribution in [0.4, 0.5) is 0 Å². The highest BCUT2D eigenvalue weighted by molar-refractivity contribution is 5.71. The third kappa shape index (κ3) is 53.4. The molecular weight excluding hydrogens is 829 g/mol. The predicted octanol–water partition coefficient (Wildman–Crippen LogP) is 18.8. The summed E-state index contributed by atoms with van der Waals surface area (Å²) in [6.45, 7) is 6.44. The summed E-state index contributed by atoms with van der Waals surface area (Å²) < 4.78 is 16.8. The number of esters is 3. The molecule has 0 heterocycles. The van der Waals surface area contributed by atoms with Crippen molar-refractivity contribution in [2.75, 3.05) is 13.2 Å². The van der Waals surface area contributed by atoms with Gasteiger partial charge in [0.25, 0.3) is 0 Å². The Morgan fingerprint density at radius 3 is 1.03 bits per heavy atom. The van der Waals surface area contributed by atoms with Crippen molar-refractivity contribution in [1.82, 2.24) is 0 Å². The van der Waals surface area contributed by atoms with Gasteiger partial charge in [0.2, 0.25) is 0 Å². The molecule has 6 heteroatoms. The molecule has 0 fully saturated rings. The molecule has 0 N–H and O–H groups in total. The highest BCUT2D eigenvalue weighted by Crippen LogP contribution is 2.15. The lowest BCUT2D eigenvalue weighted by molar-refractivity contribution is -0.167. The molecule has 0 saturated carbocycles.